The summed E-state index contributed by atoms with van der Waals surface area (Å²) in [7, 11) is -3.68. The smallest absolute Gasteiger partial charge is 0.261 e. The van der Waals surface area contributed by atoms with Crippen LogP contribution in [-0.4, -0.2) is 14.3 Å². The lowest BCUT2D eigenvalue weighted by Crippen LogP contribution is -2.14. The summed E-state index contributed by atoms with van der Waals surface area (Å²) in [6.07, 6.45) is 0. The Morgan fingerprint density at radius 2 is 1.38 bits per heavy atom. The van der Waals surface area contributed by atoms with E-state index in [9.17, 15) is 13.2 Å². The molecule has 0 atom stereocenters. The van der Waals surface area contributed by atoms with Crippen LogP contribution < -0.4 is 10.0 Å². The first-order valence-electron chi connectivity index (χ1n) is 7.69. The van der Waals surface area contributed by atoms with Crippen LogP contribution in [0.3, 0.4) is 0 Å². The summed E-state index contributed by atoms with van der Waals surface area (Å²) in [4.78, 5) is 12.3. The van der Waals surface area contributed by atoms with E-state index in [0.717, 1.165) is 3.57 Å². The first-order valence-corrected chi connectivity index (χ1v) is 10.3. The summed E-state index contributed by atoms with van der Waals surface area (Å²) in [5.41, 5.74) is 1.55. The molecular weight excluding hydrogens is 463 g/mol. The molecule has 5 nitrogen and oxygen atoms in total. The Bertz CT molecular complexity index is 1000. The van der Waals surface area contributed by atoms with Crippen molar-refractivity contribution in [1.82, 2.24) is 0 Å². The van der Waals surface area contributed by atoms with Crippen LogP contribution in [0.1, 0.15) is 10.4 Å². The number of sulfonamides is 1. The zero-order valence-electron chi connectivity index (χ0n) is 13.5. The van der Waals surface area contributed by atoms with Gasteiger partial charge in [0.05, 0.1) is 4.90 Å². The van der Waals surface area contributed by atoms with Crippen molar-refractivity contribution in [3.8, 4) is 0 Å². The Balaban J connectivity index is 1.71. The lowest BCUT2D eigenvalue weighted by molar-refractivity contribution is 0.102. The van der Waals surface area contributed by atoms with Gasteiger partial charge in [0.15, 0.2) is 0 Å². The topological polar surface area (TPSA) is 75.3 Å². The average Bonchev–Trinajstić information content (AvgIpc) is 2.63. The zero-order valence-corrected chi connectivity index (χ0v) is 16.5. The molecule has 0 aliphatic carbocycles. The van der Waals surface area contributed by atoms with Gasteiger partial charge in [-0.15, -0.1) is 0 Å². The van der Waals surface area contributed by atoms with Gasteiger partial charge in [-0.1, -0.05) is 18.2 Å². The molecule has 0 spiro atoms. The van der Waals surface area contributed by atoms with E-state index in [4.69, 9.17) is 0 Å². The van der Waals surface area contributed by atoms with Gasteiger partial charge in [-0.3, -0.25) is 9.52 Å². The van der Waals surface area contributed by atoms with Crippen LogP contribution in [0, 0.1) is 3.57 Å². The van der Waals surface area contributed by atoms with E-state index in [2.05, 4.69) is 32.6 Å². The van der Waals surface area contributed by atoms with Crippen molar-refractivity contribution in [2.75, 3.05) is 10.0 Å². The SMILES string of the molecule is O=C(Nc1ccc(S(=O)(=O)Nc2ccccc2)cc1)c1ccc(I)cc1. The van der Waals surface area contributed by atoms with Crippen LogP contribution in [0.25, 0.3) is 0 Å². The number of benzene rings is 3. The van der Waals surface area contributed by atoms with Crippen molar-refractivity contribution >= 4 is 49.9 Å². The largest absolute Gasteiger partial charge is 0.322 e. The molecule has 0 radical (unpaired) electrons. The van der Waals surface area contributed by atoms with Crippen molar-refractivity contribution in [2.45, 2.75) is 4.90 Å². The maximum atomic E-state index is 12.4. The highest BCUT2D eigenvalue weighted by atomic mass is 127. The number of halogens is 1. The van der Waals surface area contributed by atoms with Crippen LogP contribution in [0.4, 0.5) is 11.4 Å². The minimum Gasteiger partial charge on any atom is -0.322 e. The second-order valence-corrected chi connectivity index (χ2v) is 8.38. The molecule has 132 valence electrons. The second kappa shape index (κ2) is 7.88. The molecule has 3 aromatic carbocycles. The van der Waals surface area contributed by atoms with Crippen LogP contribution in [0.2, 0.25) is 0 Å². The van der Waals surface area contributed by atoms with Gasteiger partial charge in [-0.2, -0.15) is 0 Å². The van der Waals surface area contributed by atoms with Crippen molar-refractivity contribution in [3.05, 3.63) is 88.0 Å². The van der Waals surface area contributed by atoms with Crippen molar-refractivity contribution < 1.29 is 13.2 Å². The fourth-order valence-electron chi connectivity index (χ4n) is 2.24. The molecule has 0 saturated heterocycles. The van der Waals surface area contributed by atoms with E-state index < -0.39 is 10.0 Å². The zero-order chi connectivity index (χ0) is 18.6. The van der Waals surface area contributed by atoms with Crippen molar-refractivity contribution in [3.63, 3.8) is 0 Å². The van der Waals surface area contributed by atoms with Crippen molar-refractivity contribution in [2.24, 2.45) is 0 Å². The molecule has 1 amide bonds. The third-order valence-corrected chi connectivity index (χ3v) is 5.67. The predicted octanol–water partition coefficient (Wildman–Crippen LogP) is 4.34. The molecule has 0 fully saturated rings. The standard InChI is InChI=1S/C19H15IN2O3S/c20-15-8-6-14(7-9-15)19(23)21-16-10-12-18(13-11-16)26(24,25)22-17-4-2-1-3-5-17/h1-13,22H,(H,21,23). The van der Waals surface area contributed by atoms with Gasteiger partial charge in [-0.25, -0.2) is 8.42 Å². The fraction of sp³-hybridized carbons (Fsp3) is 0. The van der Waals surface area contributed by atoms with Gasteiger partial charge in [0.2, 0.25) is 0 Å². The molecule has 0 aliphatic heterocycles. The quantitative estimate of drug-likeness (QED) is 0.536. The molecule has 26 heavy (non-hydrogen) atoms. The lowest BCUT2D eigenvalue weighted by atomic mass is 10.2. The number of hydrogen-bond acceptors (Lipinski definition) is 3. The lowest BCUT2D eigenvalue weighted by Gasteiger charge is -2.09. The molecule has 0 bridgehead atoms. The molecule has 0 aliphatic rings. The fourth-order valence-corrected chi connectivity index (χ4v) is 3.66. The number of carbonyl (C=O) groups excluding carboxylic acids is 1. The molecule has 3 aromatic rings. The number of hydrogen-bond donors (Lipinski definition) is 2. The van der Waals surface area contributed by atoms with Gasteiger partial charge in [-0.05, 0) is 83.3 Å². The highest BCUT2D eigenvalue weighted by molar-refractivity contribution is 14.1. The Labute approximate surface area is 165 Å². The number of nitrogens with one attached hydrogen (secondary N) is 2. The summed E-state index contributed by atoms with van der Waals surface area (Å²) < 4.78 is 28.3. The molecule has 3 rings (SSSR count). The van der Waals surface area contributed by atoms with Gasteiger partial charge >= 0.3 is 0 Å². The van der Waals surface area contributed by atoms with E-state index in [-0.39, 0.29) is 10.8 Å². The molecule has 7 heteroatoms. The van der Waals surface area contributed by atoms with E-state index >= 15 is 0 Å². The normalized spacial score (nSPS) is 11.0. The highest BCUT2D eigenvalue weighted by Crippen LogP contribution is 2.18. The van der Waals surface area contributed by atoms with Gasteiger partial charge < -0.3 is 5.32 Å². The monoisotopic (exact) mass is 478 g/mol. The minimum absolute atomic E-state index is 0.119. The number of carbonyl (C=O) groups is 1. The van der Waals surface area contributed by atoms with Gasteiger partial charge in [0.1, 0.15) is 0 Å². The third-order valence-electron chi connectivity index (χ3n) is 3.55. The first-order chi connectivity index (χ1) is 12.4. The Morgan fingerprint density at radius 3 is 2.00 bits per heavy atom. The maximum absolute atomic E-state index is 12.4. The van der Waals surface area contributed by atoms with E-state index in [1.807, 2.05) is 18.2 Å². The highest BCUT2D eigenvalue weighted by Gasteiger charge is 2.14. The molecule has 0 aromatic heterocycles. The van der Waals surface area contributed by atoms with Crippen LogP contribution in [-0.2, 0) is 10.0 Å². The summed E-state index contributed by atoms with van der Waals surface area (Å²) in [5, 5.41) is 2.75. The Kier molecular flexibility index (Phi) is 5.58. The molecule has 2 N–H and O–H groups in total. The Morgan fingerprint density at radius 1 is 0.769 bits per heavy atom. The molecular formula is C19H15IN2O3S. The van der Waals surface area contributed by atoms with Crippen LogP contribution >= 0.6 is 22.6 Å². The average molecular weight is 478 g/mol. The Hall–Kier alpha value is -2.39. The maximum Gasteiger partial charge on any atom is 0.261 e. The molecule has 0 unspecified atom stereocenters. The van der Waals surface area contributed by atoms with Gasteiger partial charge in [0.25, 0.3) is 15.9 Å². The van der Waals surface area contributed by atoms with Gasteiger partial charge in [0, 0.05) is 20.5 Å². The first kappa shape index (κ1) is 18.4. The number of anilines is 2. The van der Waals surface area contributed by atoms with Crippen molar-refractivity contribution in [1.29, 1.82) is 0 Å². The second-order valence-electron chi connectivity index (χ2n) is 5.46. The van der Waals surface area contributed by atoms with Crippen LogP contribution in [0.15, 0.2) is 83.8 Å². The summed E-state index contributed by atoms with van der Waals surface area (Å²) in [5.74, 6) is -0.251. The van der Waals surface area contributed by atoms with E-state index in [1.165, 1.54) is 12.1 Å². The number of rotatable bonds is 5. The third kappa shape index (κ3) is 4.61. The number of amides is 1. The van der Waals surface area contributed by atoms with E-state index in [0.29, 0.717) is 16.9 Å². The molecule has 0 saturated carbocycles. The predicted molar refractivity (Wildman–Crippen MR) is 111 cm³/mol. The number of para-hydroxylation sites is 1. The minimum atomic E-state index is -3.68. The molecule has 0 heterocycles. The summed E-state index contributed by atoms with van der Waals surface area (Å²) in [6, 6.07) is 21.9. The van der Waals surface area contributed by atoms with Crippen LogP contribution in [0.5, 0.6) is 0 Å². The summed E-state index contributed by atoms with van der Waals surface area (Å²) in [6.45, 7) is 0. The van der Waals surface area contributed by atoms with E-state index in [1.54, 1.807) is 48.5 Å². The summed E-state index contributed by atoms with van der Waals surface area (Å²) >= 11 is 2.17.